The van der Waals surface area contributed by atoms with Crippen molar-refractivity contribution >= 4 is 6.09 Å². The van der Waals surface area contributed by atoms with Crippen molar-refractivity contribution < 1.29 is 27.8 Å². The Labute approximate surface area is 131 Å². The molecule has 0 aliphatic carbocycles. The van der Waals surface area contributed by atoms with Crippen LogP contribution < -0.4 is 10.1 Å². The molecular weight excluding hydrogens is 313 g/mol. The SMILES string of the molecule is CC=CC1C(c2ccc(OC(F)(F)F)cc2)NCCN1C(=O)O. The third-order valence-electron chi connectivity index (χ3n) is 3.53. The first-order chi connectivity index (χ1) is 10.8. The van der Waals surface area contributed by atoms with E-state index in [1.807, 2.05) is 0 Å². The summed E-state index contributed by atoms with van der Waals surface area (Å²) in [7, 11) is 0. The predicted molar refractivity (Wildman–Crippen MR) is 77.2 cm³/mol. The molecule has 2 rings (SSSR count). The Morgan fingerprint density at radius 3 is 2.57 bits per heavy atom. The Morgan fingerprint density at radius 1 is 1.39 bits per heavy atom. The van der Waals surface area contributed by atoms with E-state index in [1.54, 1.807) is 19.1 Å². The minimum Gasteiger partial charge on any atom is -0.465 e. The molecule has 0 aromatic heterocycles. The zero-order valence-electron chi connectivity index (χ0n) is 12.4. The minimum absolute atomic E-state index is 0.310. The van der Waals surface area contributed by atoms with Crippen LogP contribution in [0.25, 0.3) is 0 Å². The van der Waals surface area contributed by atoms with Crippen molar-refractivity contribution in [1.29, 1.82) is 0 Å². The fraction of sp³-hybridized carbons (Fsp3) is 0.400. The van der Waals surface area contributed by atoms with E-state index in [4.69, 9.17) is 0 Å². The van der Waals surface area contributed by atoms with Crippen LogP contribution in [0.1, 0.15) is 18.5 Å². The third kappa shape index (κ3) is 4.38. The molecule has 1 aromatic rings. The van der Waals surface area contributed by atoms with Crippen LogP contribution in [0.4, 0.5) is 18.0 Å². The first kappa shape index (κ1) is 17.1. The maximum Gasteiger partial charge on any atom is 0.573 e. The van der Waals surface area contributed by atoms with Gasteiger partial charge in [-0.05, 0) is 24.6 Å². The maximum atomic E-state index is 12.2. The minimum atomic E-state index is -4.74. The molecular formula is C15H17F3N2O3. The lowest BCUT2D eigenvalue weighted by molar-refractivity contribution is -0.274. The normalized spacial score (nSPS) is 22.3. The molecule has 1 aliphatic rings. The number of rotatable bonds is 3. The van der Waals surface area contributed by atoms with Gasteiger partial charge in [0.05, 0.1) is 12.1 Å². The lowest BCUT2D eigenvalue weighted by Crippen LogP contribution is -2.54. The molecule has 0 bridgehead atoms. The van der Waals surface area contributed by atoms with E-state index in [2.05, 4.69) is 10.1 Å². The van der Waals surface area contributed by atoms with Crippen LogP contribution in [0, 0.1) is 0 Å². The van der Waals surface area contributed by atoms with Crippen molar-refractivity contribution in [3.63, 3.8) is 0 Å². The largest absolute Gasteiger partial charge is 0.573 e. The average molecular weight is 330 g/mol. The number of hydrogen-bond acceptors (Lipinski definition) is 3. The van der Waals surface area contributed by atoms with Gasteiger partial charge in [0.1, 0.15) is 5.75 Å². The molecule has 2 N–H and O–H groups in total. The van der Waals surface area contributed by atoms with Gasteiger partial charge in [-0.15, -0.1) is 13.2 Å². The average Bonchev–Trinajstić information content (AvgIpc) is 2.47. The third-order valence-corrected chi connectivity index (χ3v) is 3.53. The highest BCUT2D eigenvalue weighted by Gasteiger charge is 2.34. The highest BCUT2D eigenvalue weighted by Crippen LogP contribution is 2.28. The summed E-state index contributed by atoms with van der Waals surface area (Å²) in [6.45, 7) is 2.59. The van der Waals surface area contributed by atoms with E-state index in [9.17, 15) is 23.1 Å². The molecule has 126 valence electrons. The van der Waals surface area contributed by atoms with Gasteiger partial charge in [-0.2, -0.15) is 0 Å². The van der Waals surface area contributed by atoms with Crippen LogP contribution in [-0.4, -0.2) is 41.6 Å². The molecule has 2 atom stereocenters. The molecule has 0 spiro atoms. The molecule has 5 nitrogen and oxygen atoms in total. The molecule has 1 heterocycles. The van der Waals surface area contributed by atoms with Gasteiger partial charge in [0.15, 0.2) is 0 Å². The lowest BCUT2D eigenvalue weighted by atomic mass is 9.95. The second-order valence-corrected chi connectivity index (χ2v) is 5.04. The first-order valence-electron chi connectivity index (χ1n) is 7.03. The number of carbonyl (C=O) groups is 1. The van der Waals surface area contributed by atoms with Gasteiger partial charge >= 0.3 is 12.5 Å². The zero-order valence-corrected chi connectivity index (χ0v) is 12.4. The van der Waals surface area contributed by atoms with Crippen LogP contribution in [0.15, 0.2) is 36.4 Å². The van der Waals surface area contributed by atoms with Crippen LogP contribution in [0.5, 0.6) is 5.75 Å². The van der Waals surface area contributed by atoms with Crippen molar-refractivity contribution in [3.8, 4) is 5.75 Å². The van der Waals surface area contributed by atoms with Gasteiger partial charge in [0.2, 0.25) is 0 Å². The van der Waals surface area contributed by atoms with E-state index in [1.165, 1.54) is 29.2 Å². The summed E-state index contributed by atoms with van der Waals surface area (Å²) >= 11 is 0. The van der Waals surface area contributed by atoms with E-state index in [0.717, 1.165) is 0 Å². The molecule has 2 unspecified atom stereocenters. The van der Waals surface area contributed by atoms with Crippen LogP contribution in [0.2, 0.25) is 0 Å². The van der Waals surface area contributed by atoms with Crippen LogP contribution in [-0.2, 0) is 0 Å². The number of piperazine rings is 1. The Bertz CT molecular complexity index is 572. The van der Waals surface area contributed by atoms with Crippen molar-refractivity contribution in [3.05, 3.63) is 42.0 Å². The molecule has 1 saturated heterocycles. The molecule has 1 amide bonds. The quantitative estimate of drug-likeness (QED) is 0.836. The molecule has 1 aromatic carbocycles. The van der Waals surface area contributed by atoms with E-state index in [0.29, 0.717) is 18.7 Å². The van der Waals surface area contributed by atoms with Gasteiger partial charge in [-0.25, -0.2) is 4.79 Å². The number of alkyl halides is 3. The number of allylic oxidation sites excluding steroid dienone is 1. The number of benzene rings is 1. The van der Waals surface area contributed by atoms with Crippen molar-refractivity contribution in [2.75, 3.05) is 13.1 Å². The summed E-state index contributed by atoms with van der Waals surface area (Å²) in [6, 6.07) is 4.67. The summed E-state index contributed by atoms with van der Waals surface area (Å²) < 4.78 is 40.4. The predicted octanol–water partition coefficient (Wildman–Crippen LogP) is 3.15. The number of nitrogens with one attached hydrogen (secondary N) is 1. The molecule has 23 heavy (non-hydrogen) atoms. The summed E-state index contributed by atoms with van der Waals surface area (Å²) in [5, 5.41) is 12.5. The number of amides is 1. The number of ether oxygens (including phenoxy) is 1. The molecule has 0 saturated carbocycles. The van der Waals surface area contributed by atoms with E-state index < -0.39 is 18.5 Å². The second-order valence-electron chi connectivity index (χ2n) is 5.04. The van der Waals surface area contributed by atoms with Gasteiger partial charge in [-0.1, -0.05) is 24.3 Å². The number of halogens is 3. The fourth-order valence-corrected chi connectivity index (χ4v) is 2.62. The summed E-state index contributed by atoms with van der Waals surface area (Å²) in [5.41, 5.74) is 0.688. The van der Waals surface area contributed by atoms with Gasteiger partial charge in [0, 0.05) is 13.1 Å². The molecule has 1 aliphatic heterocycles. The summed E-state index contributed by atoms with van der Waals surface area (Å²) in [4.78, 5) is 12.7. The summed E-state index contributed by atoms with van der Waals surface area (Å²) in [5.74, 6) is -0.310. The van der Waals surface area contributed by atoms with Crippen LogP contribution in [0.3, 0.4) is 0 Å². The van der Waals surface area contributed by atoms with Gasteiger partial charge < -0.3 is 15.2 Å². The molecule has 1 fully saturated rings. The monoisotopic (exact) mass is 330 g/mol. The zero-order chi connectivity index (χ0) is 17.0. The number of hydrogen-bond donors (Lipinski definition) is 2. The van der Waals surface area contributed by atoms with E-state index in [-0.39, 0.29) is 11.8 Å². The van der Waals surface area contributed by atoms with Gasteiger partial charge in [-0.3, -0.25) is 4.90 Å². The Morgan fingerprint density at radius 2 is 2.04 bits per heavy atom. The molecule has 8 heteroatoms. The maximum absolute atomic E-state index is 12.2. The summed E-state index contributed by atoms with van der Waals surface area (Å²) in [6.07, 6.45) is -2.26. The Kier molecular flexibility index (Phi) is 5.15. The van der Waals surface area contributed by atoms with Gasteiger partial charge in [0.25, 0.3) is 0 Å². The lowest BCUT2D eigenvalue weighted by Gasteiger charge is -2.39. The highest BCUT2D eigenvalue weighted by atomic mass is 19.4. The second kappa shape index (κ2) is 6.91. The number of carboxylic acid groups (broad SMARTS) is 1. The highest BCUT2D eigenvalue weighted by molar-refractivity contribution is 5.66. The van der Waals surface area contributed by atoms with E-state index >= 15 is 0 Å². The van der Waals surface area contributed by atoms with Crippen molar-refractivity contribution in [1.82, 2.24) is 10.2 Å². The topological polar surface area (TPSA) is 61.8 Å². The molecule has 0 radical (unpaired) electrons. The Balaban J connectivity index is 2.22. The number of nitrogens with zero attached hydrogens (tertiary/aromatic N) is 1. The fourth-order valence-electron chi connectivity index (χ4n) is 2.62. The smallest absolute Gasteiger partial charge is 0.465 e. The van der Waals surface area contributed by atoms with Crippen molar-refractivity contribution in [2.24, 2.45) is 0 Å². The van der Waals surface area contributed by atoms with Crippen molar-refractivity contribution in [2.45, 2.75) is 25.4 Å². The Hall–Kier alpha value is -2.22. The standard InChI is InChI=1S/C15H17F3N2O3/c1-2-3-12-13(19-8-9-20(12)14(21)22)10-4-6-11(7-5-10)23-15(16,17)18/h2-7,12-13,19H,8-9H2,1H3,(H,21,22). The van der Waals surface area contributed by atoms with Crippen LogP contribution >= 0.6 is 0 Å². The first-order valence-corrected chi connectivity index (χ1v) is 7.03.